The molecule has 2 nitrogen and oxygen atoms in total. The van der Waals surface area contributed by atoms with Crippen LogP contribution in [0, 0.1) is 5.82 Å². The fourth-order valence-corrected chi connectivity index (χ4v) is 1.61. The number of fused-ring (bicyclic) bond motifs is 1. The summed E-state index contributed by atoms with van der Waals surface area (Å²) in [4.78, 5) is 0. The minimum atomic E-state index is -0.241. The summed E-state index contributed by atoms with van der Waals surface area (Å²) in [5, 5.41) is 0.792. The zero-order valence-corrected chi connectivity index (χ0v) is 7.96. The molecule has 3 heteroatoms. The average Bonchev–Trinajstić information content (AvgIpc) is 2.50. The SMILES string of the molecule is CC(N)Cc1cc(F)cc2ccoc12. The summed E-state index contributed by atoms with van der Waals surface area (Å²) in [6.07, 6.45) is 2.19. The maximum Gasteiger partial charge on any atom is 0.137 e. The third kappa shape index (κ3) is 1.63. The van der Waals surface area contributed by atoms with Crippen LogP contribution in [0.5, 0.6) is 0 Å². The van der Waals surface area contributed by atoms with Gasteiger partial charge in [-0.25, -0.2) is 4.39 Å². The first-order valence-electron chi connectivity index (χ1n) is 4.58. The van der Waals surface area contributed by atoms with Crippen molar-refractivity contribution in [3.63, 3.8) is 0 Å². The van der Waals surface area contributed by atoms with Crippen LogP contribution in [-0.4, -0.2) is 6.04 Å². The van der Waals surface area contributed by atoms with E-state index < -0.39 is 0 Å². The number of furan rings is 1. The molecule has 0 saturated carbocycles. The van der Waals surface area contributed by atoms with Crippen molar-refractivity contribution in [1.29, 1.82) is 0 Å². The molecule has 0 radical (unpaired) electrons. The molecule has 74 valence electrons. The lowest BCUT2D eigenvalue weighted by molar-refractivity contribution is 0.597. The van der Waals surface area contributed by atoms with Gasteiger partial charge in [-0.1, -0.05) is 0 Å². The highest BCUT2D eigenvalue weighted by atomic mass is 19.1. The van der Waals surface area contributed by atoms with Crippen LogP contribution in [0.1, 0.15) is 12.5 Å². The van der Waals surface area contributed by atoms with Crippen LogP contribution in [0.25, 0.3) is 11.0 Å². The van der Waals surface area contributed by atoms with Crippen molar-refractivity contribution in [1.82, 2.24) is 0 Å². The molecule has 2 rings (SSSR count). The van der Waals surface area contributed by atoms with Crippen molar-refractivity contribution in [2.24, 2.45) is 5.73 Å². The van der Waals surface area contributed by atoms with Gasteiger partial charge in [0.15, 0.2) is 0 Å². The van der Waals surface area contributed by atoms with Gasteiger partial charge in [0.2, 0.25) is 0 Å². The number of halogens is 1. The van der Waals surface area contributed by atoms with E-state index in [1.54, 1.807) is 12.3 Å². The van der Waals surface area contributed by atoms with Crippen LogP contribution in [0.2, 0.25) is 0 Å². The van der Waals surface area contributed by atoms with Crippen LogP contribution in [0.4, 0.5) is 4.39 Å². The fourth-order valence-electron chi connectivity index (χ4n) is 1.61. The summed E-state index contributed by atoms with van der Waals surface area (Å²) in [6, 6.07) is 4.70. The van der Waals surface area contributed by atoms with Gasteiger partial charge in [0.05, 0.1) is 6.26 Å². The second kappa shape index (κ2) is 3.42. The van der Waals surface area contributed by atoms with E-state index in [0.717, 1.165) is 16.5 Å². The van der Waals surface area contributed by atoms with Gasteiger partial charge < -0.3 is 10.2 Å². The Morgan fingerprint density at radius 3 is 3.00 bits per heavy atom. The van der Waals surface area contributed by atoms with Gasteiger partial charge in [-0.2, -0.15) is 0 Å². The predicted octanol–water partition coefficient (Wildman–Crippen LogP) is 2.46. The summed E-state index contributed by atoms with van der Waals surface area (Å²) in [5.74, 6) is -0.241. The molecule has 2 aromatic rings. The highest BCUT2D eigenvalue weighted by molar-refractivity contribution is 5.80. The Kier molecular flexibility index (Phi) is 2.25. The van der Waals surface area contributed by atoms with E-state index in [1.807, 2.05) is 6.92 Å². The molecule has 0 bridgehead atoms. The Morgan fingerprint density at radius 2 is 2.29 bits per heavy atom. The lowest BCUT2D eigenvalue weighted by Crippen LogP contribution is -2.17. The van der Waals surface area contributed by atoms with Gasteiger partial charge in [0, 0.05) is 11.4 Å². The van der Waals surface area contributed by atoms with Gasteiger partial charge >= 0.3 is 0 Å². The Hall–Kier alpha value is -1.35. The quantitative estimate of drug-likeness (QED) is 0.795. The van der Waals surface area contributed by atoms with E-state index in [4.69, 9.17) is 10.2 Å². The standard InChI is InChI=1S/C11H12FNO/c1-7(13)4-9-6-10(12)5-8-2-3-14-11(8)9/h2-3,5-7H,4,13H2,1H3. The summed E-state index contributed by atoms with van der Waals surface area (Å²) in [5.41, 5.74) is 7.24. The van der Waals surface area contributed by atoms with Crippen molar-refractivity contribution < 1.29 is 8.81 Å². The molecule has 1 aromatic carbocycles. The lowest BCUT2D eigenvalue weighted by Gasteiger charge is -2.05. The number of hydrogen-bond acceptors (Lipinski definition) is 2. The van der Waals surface area contributed by atoms with Gasteiger partial charge in [-0.05, 0) is 37.1 Å². The van der Waals surface area contributed by atoms with E-state index in [9.17, 15) is 4.39 Å². The van der Waals surface area contributed by atoms with Gasteiger partial charge in [-0.15, -0.1) is 0 Å². The van der Waals surface area contributed by atoms with Crippen LogP contribution in [0.15, 0.2) is 28.9 Å². The second-order valence-electron chi connectivity index (χ2n) is 3.59. The van der Waals surface area contributed by atoms with E-state index in [0.29, 0.717) is 6.42 Å². The predicted molar refractivity (Wildman–Crippen MR) is 53.5 cm³/mol. The number of benzene rings is 1. The summed E-state index contributed by atoms with van der Waals surface area (Å²) >= 11 is 0. The van der Waals surface area contributed by atoms with E-state index in [2.05, 4.69) is 0 Å². The third-order valence-electron chi connectivity index (χ3n) is 2.13. The second-order valence-corrected chi connectivity index (χ2v) is 3.59. The molecule has 1 unspecified atom stereocenters. The topological polar surface area (TPSA) is 39.2 Å². The molecule has 1 aromatic heterocycles. The zero-order chi connectivity index (χ0) is 10.1. The Labute approximate surface area is 81.5 Å². The van der Waals surface area contributed by atoms with Crippen molar-refractivity contribution in [3.05, 3.63) is 35.8 Å². The number of nitrogens with two attached hydrogens (primary N) is 1. The summed E-state index contributed by atoms with van der Waals surface area (Å²) in [7, 11) is 0. The minimum absolute atomic E-state index is 0.00472. The normalized spacial score (nSPS) is 13.4. The molecule has 1 atom stereocenters. The van der Waals surface area contributed by atoms with Crippen molar-refractivity contribution in [2.75, 3.05) is 0 Å². The first kappa shape index (κ1) is 9.21. The molecular weight excluding hydrogens is 181 g/mol. The Balaban J connectivity index is 2.55. The summed E-state index contributed by atoms with van der Waals surface area (Å²) in [6.45, 7) is 1.89. The van der Waals surface area contributed by atoms with Gasteiger partial charge in [-0.3, -0.25) is 0 Å². The molecule has 0 fully saturated rings. The van der Waals surface area contributed by atoms with Crippen LogP contribution >= 0.6 is 0 Å². The van der Waals surface area contributed by atoms with E-state index in [-0.39, 0.29) is 11.9 Å². The zero-order valence-electron chi connectivity index (χ0n) is 7.96. The van der Waals surface area contributed by atoms with E-state index in [1.165, 1.54) is 12.1 Å². The van der Waals surface area contributed by atoms with Crippen molar-refractivity contribution in [3.8, 4) is 0 Å². The molecule has 14 heavy (non-hydrogen) atoms. The largest absolute Gasteiger partial charge is 0.464 e. The van der Waals surface area contributed by atoms with Crippen molar-refractivity contribution in [2.45, 2.75) is 19.4 Å². The Morgan fingerprint density at radius 1 is 1.50 bits per heavy atom. The average molecular weight is 193 g/mol. The molecule has 0 aliphatic rings. The number of hydrogen-bond donors (Lipinski definition) is 1. The van der Waals surface area contributed by atoms with Crippen LogP contribution < -0.4 is 5.73 Å². The van der Waals surface area contributed by atoms with Crippen molar-refractivity contribution >= 4 is 11.0 Å². The first-order chi connectivity index (χ1) is 6.66. The maximum atomic E-state index is 13.1. The Bertz CT molecular complexity index is 447. The highest BCUT2D eigenvalue weighted by Gasteiger charge is 2.08. The fraction of sp³-hybridized carbons (Fsp3) is 0.273. The molecule has 0 saturated heterocycles. The molecule has 0 amide bonds. The smallest absolute Gasteiger partial charge is 0.137 e. The summed E-state index contributed by atoms with van der Waals surface area (Å²) < 4.78 is 18.4. The van der Waals surface area contributed by atoms with Gasteiger partial charge in [0.1, 0.15) is 11.4 Å². The molecule has 0 spiro atoms. The minimum Gasteiger partial charge on any atom is -0.464 e. The lowest BCUT2D eigenvalue weighted by atomic mass is 10.1. The highest BCUT2D eigenvalue weighted by Crippen LogP contribution is 2.22. The third-order valence-corrected chi connectivity index (χ3v) is 2.13. The molecular formula is C11H12FNO. The molecule has 0 aliphatic heterocycles. The molecule has 0 aliphatic carbocycles. The van der Waals surface area contributed by atoms with E-state index >= 15 is 0 Å². The van der Waals surface area contributed by atoms with Crippen LogP contribution in [0.3, 0.4) is 0 Å². The van der Waals surface area contributed by atoms with Gasteiger partial charge in [0.25, 0.3) is 0 Å². The number of rotatable bonds is 2. The monoisotopic (exact) mass is 193 g/mol. The molecule has 1 heterocycles. The van der Waals surface area contributed by atoms with Crippen LogP contribution in [-0.2, 0) is 6.42 Å². The first-order valence-corrected chi connectivity index (χ1v) is 4.58. The maximum absolute atomic E-state index is 13.1. The molecule has 2 N–H and O–H groups in total.